The van der Waals surface area contributed by atoms with Crippen LogP contribution in [-0.4, -0.2) is 37.9 Å². The minimum absolute atomic E-state index is 0. The number of fused-ring (bicyclic) bond motifs is 1. The molecule has 4 nitrogen and oxygen atoms in total. The van der Waals surface area contributed by atoms with Gasteiger partial charge in [-0.05, 0) is 74.3 Å². The minimum Gasteiger partial charge on any atom is -0.361 e. The fourth-order valence-electron chi connectivity index (χ4n) is 3.82. The largest absolute Gasteiger partial charge is 0.361 e. The van der Waals surface area contributed by atoms with Crippen LogP contribution < -0.4 is 0 Å². The predicted molar refractivity (Wildman–Crippen MR) is 121 cm³/mol. The molecule has 1 atom stereocenters. The number of rotatable bonds is 5. The number of hydrogen-bond donors (Lipinski definition) is 1. The summed E-state index contributed by atoms with van der Waals surface area (Å²) in [5.74, 6) is 0. The van der Waals surface area contributed by atoms with Gasteiger partial charge >= 0.3 is 0 Å². The van der Waals surface area contributed by atoms with Crippen LogP contribution in [0.15, 0.2) is 65.0 Å². The zero-order valence-corrected chi connectivity index (χ0v) is 18.4. The molecule has 148 valence electrons. The monoisotopic (exact) mass is 460 g/mol. The second-order valence-corrected chi connectivity index (χ2v) is 9.09. The van der Waals surface area contributed by atoms with Crippen LogP contribution in [0.25, 0.3) is 17.0 Å². The number of hydrogen-bond acceptors (Lipinski definition) is 3. The average molecular weight is 461 g/mol. The Morgan fingerprint density at radius 3 is 2.68 bits per heavy atom. The maximum Gasteiger partial charge on any atom is 0.199 e. The van der Waals surface area contributed by atoms with Gasteiger partial charge in [0, 0.05) is 28.5 Å². The van der Waals surface area contributed by atoms with Crippen LogP contribution in [0.5, 0.6) is 0 Å². The summed E-state index contributed by atoms with van der Waals surface area (Å²) in [5.41, 5.74) is 3.28. The topological polar surface area (TPSA) is 53.2 Å². The molecule has 1 aromatic heterocycles. The summed E-state index contributed by atoms with van der Waals surface area (Å²) in [5, 5.41) is 2.47. The van der Waals surface area contributed by atoms with Gasteiger partial charge in [0.1, 0.15) is 0 Å². The van der Waals surface area contributed by atoms with Crippen molar-refractivity contribution in [2.75, 3.05) is 13.6 Å². The van der Waals surface area contributed by atoms with Gasteiger partial charge in [0.2, 0.25) is 0 Å². The maximum atomic E-state index is 12.5. The Balaban J connectivity index is 0.00000225. The van der Waals surface area contributed by atoms with Crippen LogP contribution in [0.3, 0.4) is 0 Å². The van der Waals surface area contributed by atoms with Crippen molar-refractivity contribution in [3.05, 3.63) is 71.3 Å². The molecular weight excluding hydrogens is 436 g/mol. The van der Waals surface area contributed by atoms with Gasteiger partial charge in [-0.1, -0.05) is 24.3 Å². The zero-order valence-electron chi connectivity index (χ0n) is 15.8. The number of aromatic amines is 1. The van der Waals surface area contributed by atoms with E-state index >= 15 is 0 Å². The highest BCUT2D eigenvalue weighted by molar-refractivity contribution is 8.93. The van der Waals surface area contributed by atoms with E-state index < -0.39 is 9.84 Å². The zero-order chi connectivity index (χ0) is 18.9. The number of nitrogens with one attached hydrogen (secondary N) is 1. The Labute approximate surface area is 177 Å². The van der Waals surface area contributed by atoms with E-state index in [-0.39, 0.29) is 17.0 Å². The predicted octanol–water partition coefficient (Wildman–Crippen LogP) is 4.83. The molecule has 4 rings (SSSR count). The second-order valence-electron chi connectivity index (χ2n) is 7.26. The molecule has 0 amide bonds. The molecule has 1 aliphatic heterocycles. The van der Waals surface area contributed by atoms with E-state index in [2.05, 4.69) is 29.2 Å². The molecule has 2 heterocycles. The van der Waals surface area contributed by atoms with Gasteiger partial charge in [-0.2, -0.15) is 0 Å². The van der Waals surface area contributed by atoms with Crippen molar-refractivity contribution in [2.24, 2.45) is 0 Å². The van der Waals surface area contributed by atoms with E-state index in [4.69, 9.17) is 0 Å². The standard InChI is InChI=1S/C22H24N2O2S.BrH/c1-24-12-5-6-19(24)15-18-16-23-22-10-9-17(14-21(18)22)11-13-27(25,26)20-7-3-2-4-8-20;/h2-4,7-11,13-14,16,19,23H,5-6,12,15H2,1H3;1H/b13-11+;/t19-;/m0./s1. The molecule has 1 fully saturated rings. The molecule has 0 bridgehead atoms. The van der Waals surface area contributed by atoms with Crippen LogP contribution in [0.4, 0.5) is 0 Å². The van der Waals surface area contributed by atoms with Crippen molar-refractivity contribution in [1.29, 1.82) is 0 Å². The first-order valence-electron chi connectivity index (χ1n) is 9.31. The third-order valence-corrected chi connectivity index (χ3v) is 6.85. The van der Waals surface area contributed by atoms with Crippen molar-refractivity contribution >= 4 is 43.8 Å². The first kappa shape index (κ1) is 20.8. The van der Waals surface area contributed by atoms with Gasteiger partial charge in [-0.3, -0.25) is 0 Å². The molecular formula is C22H25BrN2O2S. The summed E-state index contributed by atoms with van der Waals surface area (Å²) >= 11 is 0. The number of sulfone groups is 1. The van der Waals surface area contributed by atoms with Crippen molar-refractivity contribution in [3.63, 3.8) is 0 Å². The lowest BCUT2D eigenvalue weighted by molar-refractivity contribution is 0.310. The van der Waals surface area contributed by atoms with Crippen LogP contribution in [-0.2, 0) is 16.3 Å². The fraction of sp³-hybridized carbons (Fsp3) is 0.273. The quantitative estimate of drug-likeness (QED) is 0.593. The molecule has 28 heavy (non-hydrogen) atoms. The number of halogens is 1. The first-order chi connectivity index (χ1) is 13.0. The van der Waals surface area contributed by atoms with Crippen LogP contribution in [0, 0.1) is 0 Å². The van der Waals surface area contributed by atoms with Gasteiger partial charge in [-0.15, -0.1) is 17.0 Å². The minimum atomic E-state index is -3.43. The smallest absolute Gasteiger partial charge is 0.199 e. The highest BCUT2D eigenvalue weighted by Crippen LogP contribution is 2.26. The van der Waals surface area contributed by atoms with E-state index in [1.807, 2.05) is 18.2 Å². The summed E-state index contributed by atoms with van der Waals surface area (Å²) in [6.07, 6.45) is 7.28. The Kier molecular flexibility index (Phi) is 6.43. The summed E-state index contributed by atoms with van der Waals surface area (Å²) in [6, 6.07) is 15.1. The maximum absolute atomic E-state index is 12.5. The summed E-state index contributed by atoms with van der Waals surface area (Å²) in [4.78, 5) is 6.08. The van der Waals surface area contributed by atoms with Gasteiger partial charge in [0.15, 0.2) is 9.84 Å². The molecule has 0 spiro atoms. The van der Waals surface area contributed by atoms with E-state index in [1.165, 1.54) is 35.7 Å². The average Bonchev–Trinajstić information content (AvgIpc) is 3.27. The number of likely N-dealkylation sites (N-methyl/N-ethyl adjacent to an activating group) is 1. The molecule has 0 aliphatic carbocycles. The second kappa shape index (κ2) is 8.64. The van der Waals surface area contributed by atoms with Gasteiger partial charge in [0.25, 0.3) is 0 Å². The van der Waals surface area contributed by atoms with Crippen molar-refractivity contribution in [3.8, 4) is 0 Å². The molecule has 6 heteroatoms. The lowest BCUT2D eigenvalue weighted by Crippen LogP contribution is -2.26. The third kappa shape index (κ3) is 4.40. The van der Waals surface area contributed by atoms with E-state index in [0.717, 1.165) is 17.5 Å². The lowest BCUT2D eigenvalue weighted by atomic mass is 10.0. The van der Waals surface area contributed by atoms with Crippen molar-refractivity contribution in [1.82, 2.24) is 9.88 Å². The number of likely N-dealkylation sites (tertiary alicyclic amines) is 1. The Morgan fingerprint density at radius 2 is 1.96 bits per heavy atom. The van der Waals surface area contributed by atoms with Crippen LogP contribution in [0.1, 0.15) is 24.0 Å². The molecule has 1 aliphatic rings. The summed E-state index contributed by atoms with van der Waals surface area (Å²) in [6.45, 7) is 1.17. The fourth-order valence-corrected chi connectivity index (χ4v) is 4.85. The molecule has 0 radical (unpaired) electrons. The molecule has 1 saturated heterocycles. The van der Waals surface area contributed by atoms with Crippen LogP contribution >= 0.6 is 17.0 Å². The van der Waals surface area contributed by atoms with E-state index in [0.29, 0.717) is 10.9 Å². The van der Waals surface area contributed by atoms with Crippen LogP contribution in [0.2, 0.25) is 0 Å². The first-order valence-corrected chi connectivity index (χ1v) is 10.9. The van der Waals surface area contributed by atoms with E-state index in [1.54, 1.807) is 30.3 Å². The molecule has 3 aromatic rings. The highest BCUT2D eigenvalue weighted by Gasteiger charge is 2.22. The van der Waals surface area contributed by atoms with E-state index in [9.17, 15) is 8.42 Å². The number of nitrogens with zero attached hydrogens (tertiary/aromatic N) is 1. The molecule has 0 saturated carbocycles. The number of benzene rings is 2. The van der Waals surface area contributed by atoms with Crippen molar-refractivity contribution < 1.29 is 8.42 Å². The molecule has 2 aromatic carbocycles. The van der Waals surface area contributed by atoms with Gasteiger partial charge in [0.05, 0.1) is 4.90 Å². The normalized spacial score (nSPS) is 18.0. The third-order valence-electron chi connectivity index (χ3n) is 5.43. The highest BCUT2D eigenvalue weighted by atomic mass is 79.9. The molecule has 1 N–H and O–H groups in total. The Hall–Kier alpha value is -1.89. The summed E-state index contributed by atoms with van der Waals surface area (Å²) in [7, 11) is -1.24. The number of aromatic nitrogens is 1. The Morgan fingerprint density at radius 1 is 1.18 bits per heavy atom. The molecule has 0 unspecified atom stereocenters. The van der Waals surface area contributed by atoms with Gasteiger partial charge < -0.3 is 9.88 Å². The number of H-pyrrole nitrogens is 1. The summed E-state index contributed by atoms with van der Waals surface area (Å²) < 4.78 is 24.9. The lowest BCUT2D eigenvalue weighted by Gasteiger charge is -2.18. The van der Waals surface area contributed by atoms with Crippen molar-refractivity contribution in [2.45, 2.75) is 30.2 Å². The Bertz CT molecular complexity index is 1070. The SMILES string of the molecule is Br.CN1CCC[C@H]1Cc1c[nH]c2ccc(/C=C/S(=O)(=O)c3ccccc3)cc12. The van der Waals surface area contributed by atoms with Gasteiger partial charge in [-0.25, -0.2) is 8.42 Å².